The van der Waals surface area contributed by atoms with Crippen molar-refractivity contribution in [3.8, 4) is 0 Å². The number of alkyl carbamates (subject to hydrolysis) is 1. The number of rotatable bonds is 5. The number of ether oxygens (including phenoxy) is 1. The quantitative estimate of drug-likeness (QED) is 0.828. The molecule has 2 bridgehead atoms. The second-order valence-electron chi connectivity index (χ2n) is 8.70. The zero-order valence-electron chi connectivity index (χ0n) is 16.4. The minimum absolute atomic E-state index is 0.200. The number of benzene rings is 1. The maximum absolute atomic E-state index is 12.3. The average molecular weight is 374 g/mol. The van der Waals surface area contributed by atoms with E-state index in [0.717, 1.165) is 38.0 Å². The van der Waals surface area contributed by atoms with Crippen molar-refractivity contribution in [3.63, 3.8) is 0 Å². The number of hydrogen-bond acceptors (Lipinski definition) is 4. The summed E-state index contributed by atoms with van der Waals surface area (Å²) in [5.74, 6) is -0.621. The number of hydrogen-bond donors (Lipinski definition) is 2. The van der Waals surface area contributed by atoms with Gasteiger partial charge in [-0.1, -0.05) is 30.3 Å². The van der Waals surface area contributed by atoms with Gasteiger partial charge < -0.3 is 20.1 Å². The van der Waals surface area contributed by atoms with Gasteiger partial charge in [0.2, 0.25) is 0 Å². The molecule has 3 atom stereocenters. The molecule has 1 amide bonds. The van der Waals surface area contributed by atoms with Crippen LogP contribution in [0.4, 0.5) is 4.79 Å². The van der Waals surface area contributed by atoms with Crippen LogP contribution in [0.25, 0.3) is 0 Å². The molecular formula is C21H30N2O4. The molecule has 3 aliphatic heterocycles. The second-order valence-corrected chi connectivity index (χ2v) is 8.70. The number of nitrogens with one attached hydrogen (secondary N) is 1. The van der Waals surface area contributed by atoms with E-state index in [1.165, 1.54) is 0 Å². The smallest absolute Gasteiger partial charge is 0.408 e. The van der Waals surface area contributed by atoms with E-state index in [-0.39, 0.29) is 11.8 Å². The standard InChI is InChI=1S/C21H30N2O4/c1-21(2,3)27-20(26)22-18(19(24)25)17(15-7-5-4-6-8-15)16-13-23-11-9-14(16)10-12-23/h4-8,14,16-18H,9-13H2,1-3H3,(H,22,26)(H,24,25)/t16-,17?,18?/m1/s1. The van der Waals surface area contributed by atoms with Crippen LogP contribution in [0.5, 0.6) is 0 Å². The Morgan fingerprint density at radius 2 is 1.81 bits per heavy atom. The highest BCUT2D eigenvalue weighted by atomic mass is 16.6. The highest BCUT2D eigenvalue weighted by Gasteiger charge is 2.45. The highest BCUT2D eigenvalue weighted by Crippen LogP contribution is 2.42. The molecule has 3 heterocycles. The third-order valence-corrected chi connectivity index (χ3v) is 5.65. The number of carboxylic acids is 1. The number of carbonyl (C=O) groups excluding carboxylic acids is 1. The van der Waals surface area contributed by atoms with Crippen LogP contribution in [0.2, 0.25) is 0 Å². The Labute approximate surface area is 160 Å². The Morgan fingerprint density at radius 1 is 1.19 bits per heavy atom. The van der Waals surface area contributed by atoms with E-state index in [1.807, 2.05) is 30.3 Å². The van der Waals surface area contributed by atoms with E-state index < -0.39 is 23.7 Å². The molecule has 0 spiro atoms. The fourth-order valence-corrected chi connectivity index (χ4v) is 4.52. The van der Waals surface area contributed by atoms with Crippen molar-refractivity contribution in [2.75, 3.05) is 19.6 Å². The average Bonchev–Trinajstić information content (AvgIpc) is 2.61. The predicted octanol–water partition coefficient (Wildman–Crippen LogP) is 3.09. The minimum Gasteiger partial charge on any atom is -0.480 e. The topological polar surface area (TPSA) is 78.9 Å². The van der Waals surface area contributed by atoms with Gasteiger partial charge >= 0.3 is 12.1 Å². The van der Waals surface area contributed by atoms with Crippen LogP contribution in [0.1, 0.15) is 45.1 Å². The monoisotopic (exact) mass is 374 g/mol. The molecule has 1 aromatic rings. The number of aliphatic carboxylic acids is 1. The molecule has 148 valence electrons. The van der Waals surface area contributed by atoms with Gasteiger partial charge in [0.25, 0.3) is 0 Å². The van der Waals surface area contributed by atoms with Crippen LogP contribution >= 0.6 is 0 Å². The van der Waals surface area contributed by atoms with E-state index in [0.29, 0.717) is 5.92 Å². The molecule has 6 heteroatoms. The number of carbonyl (C=O) groups is 2. The minimum atomic E-state index is -1.02. The predicted molar refractivity (Wildman–Crippen MR) is 103 cm³/mol. The maximum Gasteiger partial charge on any atom is 0.408 e. The van der Waals surface area contributed by atoms with Crippen LogP contribution in [0, 0.1) is 11.8 Å². The van der Waals surface area contributed by atoms with Gasteiger partial charge in [-0.05, 0) is 64.1 Å². The summed E-state index contributed by atoms with van der Waals surface area (Å²) in [5, 5.41) is 12.6. The first-order valence-corrected chi connectivity index (χ1v) is 9.74. The van der Waals surface area contributed by atoms with Gasteiger partial charge in [0, 0.05) is 12.5 Å². The zero-order valence-corrected chi connectivity index (χ0v) is 16.4. The van der Waals surface area contributed by atoms with Gasteiger partial charge in [-0.25, -0.2) is 9.59 Å². The lowest BCUT2D eigenvalue weighted by Crippen LogP contribution is -2.55. The molecule has 4 rings (SSSR count). The molecule has 6 nitrogen and oxygen atoms in total. The first-order chi connectivity index (χ1) is 12.7. The third-order valence-electron chi connectivity index (χ3n) is 5.65. The Balaban J connectivity index is 1.89. The van der Waals surface area contributed by atoms with Crippen LogP contribution < -0.4 is 5.32 Å². The number of amides is 1. The largest absolute Gasteiger partial charge is 0.480 e. The molecule has 3 saturated heterocycles. The van der Waals surface area contributed by atoms with E-state index in [2.05, 4.69) is 10.2 Å². The Morgan fingerprint density at radius 3 is 2.30 bits per heavy atom. The van der Waals surface area contributed by atoms with Gasteiger partial charge in [-0.3, -0.25) is 0 Å². The normalized spacial score (nSPS) is 26.9. The summed E-state index contributed by atoms with van der Waals surface area (Å²) in [6.07, 6.45) is 1.50. The molecular weight excluding hydrogens is 344 g/mol. The molecule has 0 aliphatic carbocycles. The second kappa shape index (κ2) is 7.89. The van der Waals surface area contributed by atoms with Crippen LogP contribution in [-0.2, 0) is 9.53 Å². The zero-order chi connectivity index (χ0) is 19.6. The van der Waals surface area contributed by atoms with Crippen LogP contribution in [0.15, 0.2) is 30.3 Å². The summed E-state index contributed by atoms with van der Waals surface area (Å²) in [5.41, 5.74) is 0.282. The molecule has 0 aromatic heterocycles. The first-order valence-electron chi connectivity index (χ1n) is 9.74. The van der Waals surface area contributed by atoms with Crippen molar-refractivity contribution in [2.24, 2.45) is 11.8 Å². The molecule has 27 heavy (non-hydrogen) atoms. The summed E-state index contributed by atoms with van der Waals surface area (Å²) in [4.78, 5) is 26.9. The molecule has 2 unspecified atom stereocenters. The SMILES string of the molecule is CC(C)(C)OC(=O)NC(C(=O)O)C(c1ccccc1)[C@@H]1CN2CCC1CC2. The number of piperidine rings is 3. The summed E-state index contributed by atoms with van der Waals surface area (Å²) >= 11 is 0. The fourth-order valence-electron chi connectivity index (χ4n) is 4.52. The lowest BCUT2D eigenvalue weighted by atomic mass is 9.68. The van der Waals surface area contributed by atoms with Crippen molar-refractivity contribution in [1.82, 2.24) is 10.2 Å². The number of fused-ring (bicyclic) bond motifs is 3. The molecule has 3 aliphatic rings. The lowest BCUT2D eigenvalue weighted by molar-refractivity contribution is -0.141. The molecule has 3 fully saturated rings. The van der Waals surface area contributed by atoms with Gasteiger partial charge in [0.15, 0.2) is 0 Å². The van der Waals surface area contributed by atoms with Gasteiger partial charge in [0.1, 0.15) is 11.6 Å². The highest BCUT2D eigenvalue weighted by molar-refractivity contribution is 5.81. The molecule has 1 aromatic carbocycles. The van der Waals surface area contributed by atoms with E-state index in [1.54, 1.807) is 20.8 Å². The number of carboxylic acid groups (broad SMARTS) is 1. The Hall–Kier alpha value is -2.08. The van der Waals surface area contributed by atoms with E-state index >= 15 is 0 Å². The van der Waals surface area contributed by atoms with Crippen molar-refractivity contribution < 1.29 is 19.4 Å². The maximum atomic E-state index is 12.3. The Kier molecular flexibility index (Phi) is 5.75. The summed E-state index contributed by atoms with van der Waals surface area (Å²) in [7, 11) is 0. The van der Waals surface area contributed by atoms with Crippen LogP contribution in [-0.4, -0.2) is 53.3 Å². The van der Waals surface area contributed by atoms with Gasteiger partial charge in [0.05, 0.1) is 0 Å². The van der Waals surface area contributed by atoms with E-state index in [9.17, 15) is 14.7 Å². The van der Waals surface area contributed by atoms with E-state index in [4.69, 9.17) is 4.74 Å². The van der Waals surface area contributed by atoms with Crippen molar-refractivity contribution >= 4 is 12.1 Å². The molecule has 0 saturated carbocycles. The van der Waals surface area contributed by atoms with Crippen molar-refractivity contribution in [3.05, 3.63) is 35.9 Å². The van der Waals surface area contributed by atoms with Gasteiger partial charge in [-0.2, -0.15) is 0 Å². The van der Waals surface area contributed by atoms with Crippen LogP contribution in [0.3, 0.4) is 0 Å². The molecule has 2 N–H and O–H groups in total. The van der Waals surface area contributed by atoms with Gasteiger partial charge in [-0.15, -0.1) is 0 Å². The van der Waals surface area contributed by atoms with Crippen molar-refractivity contribution in [1.29, 1.82) is 0 Å². The van der Waals surface area contributed by atoms with Crippen molar-refractivity contribution in [2.45, 2.75) is 51.2 Å². The summed E-state index contributed by atoms with van der Waals surface area (Å²) in [6, 6.07) is 8.69. The molecule has 0 radical (unpaired) electrons. The summed E-state index contributed by atoms with van der Waals surface area (Å²) < 4.78 is 5.33. The summed E-state index contributed by atoms with van der Waals surface area (Å²) in [6.45, 7) is 8.35. The lowest BCUT2D eigenvalue weighted by Gasteiger charge is -2.49. The fraction of sp³-hybridized carbons (Fsp3) is 0.619. The number of nitrogens with zero attached hydrogens (tertiary/aromatic N) is 1. The first kappa shape index (κ1) is 19.7. The Bertz CT molecular complexity index is 663. The third kappa shape index (κ3) is 4.80.